The number of amides is 1. The number of ether oxygens (including phenoxy) is 3. The summed E-state index contributed by atoms with van der Waals surface area (Å²) >= 11 is 1.26. The van der Waals surface area contributed by atoms with Crippen LogP contribution in [0.5, 0.6) is 0 Å². The molecule has 1 fully saturated rings. The third-order valence-corrected chi connectivity index (χ3v) is 6.12. The summed E-state index contributed by atoms with van der Waals surface area (Å²) in [7, 11) is 3.12. The first-order valence-electron chi connectivity index (χ1n) is 9.91. The van der Waals surface area contributed by atoms with E-state index in [0.717, 1.165) is 0 Å². The monoisotopic (exact) mass is 452 g/mol. The van der Waals surface area contributed by atoms with E-state index in [1.165, 1.54) is 22.1 Å². The molecule has 0 aromatic carbocycles. The molecule has 2 heterocycles. The van der Waals surface area contributed by atoms with Crippen LogP contribution in [0.3, 0.4) is 0 Å². The quantitative estimate of drug-likeness (QED) is 0.508. The standard InChI is InChI=1S/C20H28N4O6S/c1-11-14(10-21-22-18(26)30-20(2,3)4)31-17-15(11)16(25)24(12-9-13(12)29-6)19(27)23(17)7-8-28-5/h10,12-13H,7-9H2,1-6H3,(H,22,26). The van der Waals surface area contributed by atoms with Crippen LogP contribution < -0.4 is 16.7 Å². The lowest BCUT2D eigenvalue weighted by molar-refractivity contribution is 0.0529. The van der Waals surface area contributed by atoms with Crippen LogP contribution in [0.1, 0.15) is 43.7 Å². The molecule has 2 unspecified atom stereocenters. The molecular formula is C20H28N4O6S. The van der Waals surface area contributed by atoms with Gasteiger partial charge in [-0.05, 0) is 39.7 Å². The molecule has 1 aliphatic carbocycles. The van der Waals surface area contributed by atoms with E-state index in [1.54, 1.807) is 46.5 Å². The molecule has 0 bridgehead atoms. The van der Waals surface area contributed by atoms with Gasteiger partial charge in [0.1, 0.15) is 10.4 Å². The molecule has 0 radical (unpaired) electrons. The van der Waals surface area contributed by atoms with Crippen molar-refractivity contribution >= 4 is 33.9 Å². The van der Waals surface area contributed by atoms with Crippen LogP contribution in [0.25, 0.3) is 10.2 Å². The second-order valence-corrected chi connectivity index (χ2v) is 9.35. The number of methoxy groups -OCH3 is 2. The van der Waals surface area contributed by atoms with Crippen molar-refractivity contribution in [1.29, 1.82) is 0 Å². The van der Waals surface area contributed by atoms with Gasteiger partial charge in [-0.2, -0.15) is 5.10 Å². The minimum atomic E-state index is -0.679. The Bertz CT molecular complexity index is 1120. The summed E-state index contributed by atoms with van der Waals surface area (Å²) in [4.78, 5) is 39.4. The maximum atomic E-state index is 13.2. The van der Waals surface area contributed by atoms with Gasteiger partial charge < -0.3 is 14.2 Å². The van der Waals surface area contributed by atoms with E-state index in [-0.39, 0.29) is 23.4 Å². The molecule has 3 rings (SSSR count). The van der Waals surface area contributed by atoms with E-state index < -0.39 is 11.7 Å². The molecule has 1 aliphatic rings. The lowest BCUT2D eigenvalue weighted by Crippen LogP contribution is -2.40. The zero-order chi connectivity index (χ0) is 22.9. The van der Waals surface area contributed by atoms with Crippen LogP contribution in [0, 0.1) is 6.92 Å². The normalized spacial score (nSPS) is 18.6. The molecule has 10 nitrogen and oxygen atoms in total. The van der Waals surface area contributed by atoms with Gasteiger partial charge in [0.15, 0.2) is 0 Å². The highest BCUT2D eigenvalue weighted by Gasteiger charge is 2.42. The topological polar surface area (TPSA) is 113 Å². The Labute approximate surface area is 183 Å². The van der Waals surface area contributed by atoms with Crippen molar-refractivity contribution in [3.8, 4) is 0 Å². The number of hydrogen-bond acceptors (Lipinski definition) is 8. The van der Waals surface area contributed by atoms with E-state index in [0.29, 0.717) is 40.2 Å². The molecule has 0 aliphatic heterocycles. The summed E-state index contributed by atoms with van der Waals surface area (Å²) in [5.41, 5.74) is 1.64. The molecule has 31 heavy (non-hydrogen) atoms. The highest BCUT2D eigenvalue weighted by molar-refractivity contribution is 7.20. The Hall–Kier alpha value is -2.50. The zero-order valence-corrected chi connectivity index (χ0v) is 19.4. The average molecular weight is 453 g/mol. The van der Waals surface area contributed by atoms with Crippen LogP contribution in [0.15, 0.2) is 14.7 Å². The van der Waals surface area contributed by atoms with E-state index in [9.17, 15) is 14.4 Å². The first-order valence-corrected chi connectivity index (χ1v) is 10.7. The number of thiophene rings is 1. The van der Waals surface area contributed by atoms with Crippen LogP contribution in [-0.4, -0.2) is 54.0 Å². The lowest BCUT2D eigenvalue weighted by atomic mass is 10.2. The van der Waals surface area contributed by atoms with Crippen molar-refractivity contribution in [3.05, 3.63) is 31.3 Å². The summed E-state index contributed by atoms with van der Waals surface area (Å²) in [5, 5.41) is 4.40. The highest BCUT2D eigenvalue weighted by Crippen LogP contribution is 2.37. The van der Waals surface area contributed by atoms with E-state index in [2.05, 4.69) is 10.5 Å². The van der Waals surface area contributed by atoms with Crippen molar-refractivity contribution in [2.45, 2.75) is 58.4 Å². The predicted molar refractivity (Wildman–Crippen MR) is 118 cm³/mol. The summed E-state index contributed by atoms with van der Waals surface area (Å²) < 4.78 is 18.5. The lowest BCUT2D eigenvalue weighted by Gasteiger charge is -2.18. The average Bonchev–Trinajstić information content (AvgIpc) is 3.37. The summed E-state index contributed by atoms with van der Waals surface area (Å²) in [6, 6.07) is -0.270. The molecule has 170 valence electrons. The van der Waals surface area contributed by atoms with Gasteiger partial charge in [0.05, 0.1) is 41.8 Å². The second-order valence-electron chi connectivity index (χ2n) is 8.32. The van der Waals surface area contributed by atoms with Gasteiger partial charge in [0.2, 0.25) is 0 Å². The maximum absolute atomic E-state index is 13.2. The number of aryl methyl sites for hydroxylation is 1. The first kappa shape index (κ1) is 23.2. The molecule has 2 aromatic heterocycles. The predicted octanol–water partition coefficient (Wildman–Crippen LogP) is 2.00. The van der Waals surface area contributed by atoms with Crippen molar-refractivity contribution in [2.75, 3.05) is 20.8 Å². The van der Waals surface area contributed by atoms with Gasteiger partial charge >= 0.3 is 11.8 Å². The molecule has 1 amide bonds. The SMILES string of the molecule is COCCn1c(=O)n(C2CC2OC)c(=O)c2c(C)c(C=NNC(=O)OC(C)(C)C)sc21. The molecule has 1 saturated carbocycles. The molecular weight excluding hydrogens is 424 g/mol. The smallest absolute Gasteiger partial charge is 0.428 e. The van der Waals surface area contributed by atoms with Gasteiger partial charge in [-0.1, -0.05) is 0 Å². The fraction of sp³-hybridized carbons (Fsp3) is 0.600. The molecule has 0 spiro atoms. The fourth-order valence-electron chi connectivity index (χ4n) is 3.31. The molecule has 11 heteroatoms. The van der Waals surface area contributed by atoms with E-state index in [1.807, 2.05) is 0 Å². The second kappa shape index (κ2) is 8.93. The van der Waals surface area contributed by atoms with Crippen molar-refractivity contribution in [1.82, 2.24) is 14.6 Å². The van der Waals surface area contributed by atoms with E-state index >= 15 is 0 Å². The Morgan fingerprint density at radius 2 is 2.03 bits per heavy atom. The number of aromatic nitrogens is 2. The Balaban J connectivity index is 2.02. The van der Waals surface area contributed by atoms with Gasteiger partial charge in [0.25, 0.3) is 5.56 Å². The Kier molecular flexibility index (Phi) is 6.68. The number of carbonyl (C=O) groups is 1. The summed E-state index contributed by atoms with van der Waals surface area (Å²) in [5.74, 6) is 0. The minimum Gasteiger partial charge on any atom is -0.443 e. The van der Waals surface area contributed by atoms with Crippen molar-refractivity contribution < 1.29 is 19.0 Å². The molecule has 2 aromatic rings. The summed E-state index contributed by atoms with van der Waals surface area (Å²) in [6.07, 6.45) is 1.25. The minimum absolute atomic E-state index is 0.142. The third-order valence-electron chi connectivity index (χ3n) is 4.87. The van der Waals surface area contributed by atoms with E-state index in [4.69, 9.17) is 14.2 Å². The number of hydrazone groups is 1. The number of rotatable bonds is 7. The molecule has 2 atom stereocenters. The van der Waals surface area contributed by atoms with Crippen LogP contribution >= 0.6 is 11.3 Å². The van der Waals surface area contributed by atoms with Gasteiger partial charge in [-0.15, -0.1) is 11.3 Å². The summed E-state index contributed by atoms with van der Waals surface area (Å²) in [6.45, 7) is 7.70. The molecule has 0 saturated heterocycles. The number of fused-ring (bicyclic) bond motifs is 1. The first-order chi connectivity index (χ1) is 14.6. The Morgan fingerprint density at radius 1 is 1.32 bits per heavy atom. The number of nitrogens with zero attached hydrogens (tertiary/aromatic N) is 3. The van der Waals surface area contributed by atoms with Gasteiger partial charge in [-0.3, -0.25) is 13.9 Å². The third kappa shape index (κ3) is 4.89. The van der Waals surface area contributed by atoms with Crippen LogP contribution in [-0.2, 0) is 20.8 Å². The largest absolute Gasteiger partial charge is 0.443 e. The van der Waals surface area contributed by atoms with Crippen molar-refractivity contribution in [2.24, 2.45) is 5.10 Å². The fourth-order valence-corrected chi connectivity index (χ4v) is 4.50. The van der Waals surface area contributed by atoms with Crippen LogP contribution in [0.2, 0.25) is 0 Å². The van der Waals surface area contributed by atoms with Gasteiger partial charge in [0, 0.05) is 14.2 Å². The maximum Gasteiger partial charge on any atom is 0.428 e. The zero-order valence-electron chi connectivity index (χ0n) is 18.6. The number of carbonyl (C=O) groups excluding carboxylic acids is 1. The van der Waals surface area contributed by atoms with Crippen molar-refractivity contribution in [3.63, 3.8) is 0 Å². The Morgan fingerprint density at radius 3 is 2.61 bits per heavy atom. The number of hydrogen-bond donors (Lipinski definition) is 1. The van der Waals surface area contributed by atoms with Gasteiger partial charge in [-0.25, -0.2) is 15.0 Å². The number of nitrogens with one attached hydrogen (secondary N) is 1. The molecule has 1 N–H and O–H groups in total. The van der Waals surface area contributed by atoms with Crippen LogP contribution in [0.4, 0.5) is 4.79 Å². The highest BCUT2D eigenvalue weighted by atomic mass is 32.1.